The molecule has 1 N–H and O–H groups in total. The Kier molecular flexibility index (Phi) is 5.31. The number of nitrogens with one attached hydrogen (secondary N) is 1. The molecule has 1 rings (SSSR count). The SMILES string of the molecule is COc1c(Br)cc(C(C)(C)C)cc1NC(=O)OC(C)(C)C. The second-order valence-electron chi connectivity index (χ2n) is 6.92. The molecule has 0 fully saturated rings. The van der Waals surface area contributed by atoms with Crippen LogP contribution in [0.4, 0.5) is 10.5 Å². The number of ether oxygens (including phenoxy) is 2. The molecule has 0 spiro atoms. The van der Waals surface area contributed by atoms with E-state index in [-0.39, 0.29) is 5.41 Å². The summed E-state index contributed by atoms with van der Waals surface area (Å²) in [5.74, 6) is 0.578. The van der Waals surface area contributed by atoms with Crippen molar-refractivity contribution in [3.8, 4) is 5.75 Å². The van der Waals surface area contributed by atoms with Crippen molar-refractivity contribution in [2.24, 2.45) is 0 Å². The average molecular weight is 358 g/mol. The van der Waals surface area contributed by atoms with Crippen LogP contribution < -0.4 is 10.1 Å². The fraction of sp³-hybridized carbons (Fsp3) is 0.562. The van der Waals surface area contributed by atoms with Gasteiger partial charge in [-0.2, -0.15) is 0 Å². The summed E-state index contributed by atoms with van der Waals surface area (Å²) in [6.45, 7) is 11.8. The second-order valence-corrected chi connectivity index (χ2v) is 7.77. The minimum atomic E-state index is -0.545. The molecule has 1 aromatic carbocycles. The van der Waals surface area contributed by atoms with E-state index in [4.69, 9.17) is 9.47 Å². The Hall–Kier alpha value is -1.23. The summed E-state index contributed by atoms with van der Waals surface area (Å²) in [6.07, 6.45) is -0.501. The van der Waals surface area contributed by atoms with E-state index in [1.165, 1.54) is 0 Å². The zero-order chi connectivity index (χ0) is 16.4. The van der Waals surface area contributed by atoms with Gasteiger partial charge in [-0.1, -0.05) is 20.8 Å². The number of anilines is 1. The fourth-order valence-corrected chi connectivity index (χ4v) is 2.36. The van der Waals surface area contributed by atoms with Gasteiger partial charge in [0, 0.05) is 0 Å². The van der Waals surface area contributed by atoms with Crippen LogP contribution in [0.1, 0.15) is 47.1 Å². The maximum absolute atomic E-state index is 12.0. The molecule has 0 aliphatic rings. The van der Waals surface area contributed by atoms with E-state index in [0.717, 1.165) is 10.0 Å². The molecule has 118 valence electrons. The van der Waals surface area contributed by atoms with Gasteiger partial charge in [-0.05, 0) is 59.8 Å². The predicted octanol–water partition coefficient (Wildman–Crippen LogP) is 5.10. The van der Waals surface area contributed by atoms with E-state index in [2.05, 4.69) is 42.0 Å². The van der Waals surface area contributed by atoms with Crippen molar-refractivity contribution in [2.45, 2.75) is 52.6 Å². The third-order valence-electron chi connectivity index (χ3n) is 2.75. The van der Waals surface area contributed by atoms with Gasteiger partial charge in [0.15, 0.2) is 5.75 Å². The van der Waals surface area contributed by atoms with Gasteiger partial charge < -0.3 is 9.47 Å². The molecular formula is C16H24BrNO3. The summed E-state index contributed by atoms with van der Waals surface area (Å²) in [5, 5.41) is 2.76. The summed E-state index contributed by atoms with van der Waals surface area (Å²) in [4.78, 5) is 12.0. The zero-order valence-corrected chi connectivity index (χ0v) is 15.3. The van der Waals surface area contributed by atoms with Crippen molar-refractivity contribution in [3.63, 3.8) is 0 Å². The van der Waals surface area contributed by atoms with Crippen LogP contribution in [-0.4, -0.2) is 18.8 Å². The molecular weight excluding hydrogens is 334 g/mol. The molecule has 0 saturated carbocycles. The van der Waals surface area contributed by atoms with E-state index in [1.807, 2.05) is 32.9 Å². The molecule has 0 saturated heterocycles. The van der Waals surface area contributed by atoms with E-state index in [1.54, 1.807) is 7.11 Å². The van der Waals surface area contributed by atoms with Gasteiger partial charge in [-0.15, -0.1) is 0 Å². The number of rotatable bonds is 2. The van der Waals surface area contributed by atoms with Gasteiger partial charge in [0.25, 0.3) is 0 Å². The van der Waals surface area contributed by atoms with Crippen molar-refractivity contribution in [3.05, 3.63) is 22.2 Å². The molecule has 0 atom stereocenters. The summed E-state index contributed by atoms with van der Waals surface area (Å²) in [7, 11) is 1.57. The van der Waals surface area contributed by atoms with Crippen LogP contribution in [0.2, 0.25) is 0 Å². The van der Waals surface area contributed by atoms with Crippen molar-refractivity contribution in [1.29, 1.82) is 0 Å². The topological polar surface area (TPSA) is 47.6 Å². The predicted molar refractivity (Wildman–Crippen MR) is 89.3 cm³/mol. The van der Waals surface area contributed by atoms with Crippen LogP contribution in [0.3, 0.4) is 0 Å². The molecule has 1 aromatic rings. The van der Waals surface area contributed by atoms with Crippen molar-refractivity contribution >= 4 is 27.7 Å². The largest absolute Gasteiger partial charge is 0.493 e. The Bertz CT molecular complexity index is 528. The normalized spacial score (nSPS) is 12.0. The Morgan fingerprint density at radius 1 is 1.14 bits per heavy atom. The van der Waals surface area contributed by atoms with Crippen LogP contribution in [0, 0.1) is 0 Å². The third-order valence-corrected chi connectivity index (χ3v) is 3.34. The van der Waals surface area contributed by atoms with Crippen molar-refractivity contribution in [2.75, 3.05) is 12.4 Å². The van der Waals surface area contributed by atoms with E-state index >= 15 is 0 Å². The molecule has 0 heterocycles. The van der Waals surface area contributed by atoms with Crippen molar-refractivity contribution < 1.29 is 14.3 Å². The van der Waals surface area contributed by atoms with Crippen LogP contribution in [-0.2, 0) is 10.2 Å². The smallest absolute Gasteiger partial charge is 0.412 e. The van der Waals surface area contributed by atoms with Gasteiger partial charge in [-0.3, -0.25) is 5.32 Å². The summed E-state index contributed by atoms with van der Waals surface area (Å²) in [5.41, 5.74) is 1.09. The second kappa shape index (κ2) is 6.26. The van der Waals surface area contributed by atoms with Crippen LogP contribution in [0.25, 0.3) is 0 Å². The van der Waals surface area contributed by atoms with Gasteiger partial charge in [-0.25, -0.2) is 4.79 Å². The summed E-state index contributed by atoms with van der Waals surface area (Å²) >= 11 is 3.48. The lowest BCUT2D eigenvalue weighted by Gasteiger charge is -2.24. The first-order valence-electron chi connectivity index (χ1n) is 6.82. The monoisotopic (exact) mass is 357 g/mol. The minimum Gasteiger partial charge on any atom is -0.493 e. The maximum atomic E-state index is 12.0. The number of hydrogen-bond acceptors (Lipinski definition) is 3. The summed E-state index contributed by atoms with van der Waals surface area (Å²) < 4.78 is 11.4. The number of amides is 1. The molecule has 0 aromatic heterocycles. The first-order chi connectivity index (χ1) is 9.44. The highest BCUT2D eigenvalue weighted by Crippen LogP contribution is 2.38. The van der Waals surface area contributed by atoms with Crippen molar-refractivity contribution in [1.82, 2.24) is 0 Å². The van der Waals surface area contributed by atoms with E-state index in [9.17, 15) is 4.79 Å². The van der Waals surface area contributed by atoms with Crippen LogP contribution >= 0.6 is 15.9 Å². The lowest BCUT2D eigenvalue weighted by molar-refractivity contribution is 0.0635. The van der Waals surface area contributed by atoms with E-state index in [0.29, 0.717) is 11.4 Å². The minimum absolute atomic E-state index is 0.0425. The Morgan fingerprint density at radius 3 is 2.14 bits per heavy atom. The van der Waals surface area contributed by atoms with Gasteiger partial charge in [0.2, 0.25) is 0 Å². The number of carbonyl (C=O) groups is 1. The van der Waals surface area contributed by atoms with Crippen LogP contribution in [0.15, 0.2) is 16.6 Å². The number of carbonyl (C=O) groups excluding carboxylic acids is 1. The highest BCUT2D eigenvalue weighted by molar-refractivity contribution is 9.10. The number of methoxy groups -OCH3 is 1. The lowest BCUT2D eigenvalue weighted by atomic mass is 9.87. The molecule has 0 radical (unpaired) electrons. The first-order valence-corrected chi connectivity index (χ1v) is 7.61. The first kappa shape index (κ1) is 17.8. The molecule has 4 nitrogen and oxygen atoms in total. The third kappa shape index (κ3) is 5.23. The Labute approximate surface area is 135 Å². The molecule has 0 bridgehead atoms. The Morgan fingerprint density at radius 2 is 1.71 bits per heavy atom. The molecule has 21 heavy (non-hydrogen) atoms. The summed E-state index contributed by atoms with van der Waals surface area (Å²) in [6, 6.07) is 3.91. The van der Waals surface area contributed by atoms with E-state index < -0.39 is 11.7 Å². The van der Waals surface area contributed by atoms with Gasteiger partial charge in [0.1, 0.15) is 5.60 Å². The van der Waals surface area contributed by atoms with Gasteiger partial charge >= 0.3 is 6.09 Å². The maximum Gasteiger partial charge on any atom is 0.412 e. The quantitative estimate of drug-likeness (QED) is 0.800. The highest BCUT2D eigenvalue weighted by atomic mass is 79.9. The molecule has 0 aliphatic carbocycles. The zero-order valence-electron chi connectivity index (χ0n) is 13.8. The molecule has 0 unspecified atom stereocenters. The standard InChI is InChI=1S/C16H24BrNO3/c1-15(2,3)10-8-11(17)13(20-7)12(9-10)18-14(19)21-16(4,5)6/h8-9H,1-7H3,(H,18,19). The molecule has 5 heteroatoms. The highest BCUT2D eigenvalue weighted by Gasteiger charge is 2.22. The van der Waals surface area contributed by atoms with Crippen LogP contribution in [0.5, 0.6) is 5.75 Å². The Balaban J connectivity index is 3.15. The number of hydrogen-bond donors (Lipinski definition) is 1. The lowest BCUT2D eigenvalue weighted by Crippen LogP contribution is -2.27. The fourth-order valence-electron chi connectivity index (χ4n) is 1.74. The molecule has 0 aliphatic heterocycles. The average Bonchev–Trinajstić information content (AvgIpc) is 2.24. The van der Waals surface area contributed by atoms with Gasteiger partial charge in [0.05, 0.1) is 17.3 Å². The molecule has 1 amide bonds. The number of benzene rings is 1. The number of halogens is 1.